The van der Waals surface area contributed by atoms with E-state index >= 15 is 0 Å². The number of benzene rings is 1. The molecule has 2 aliphatic heterocycles. The molecule has 2 fully saturated rings. The van der Waals surface area contributed by atoms with E-state index in [-0.39, 0.29) is 24.1 Å². The van der Waals surface area contributed by atoms with Crippen LogP contribution in [-0.2, 0) is 14.3 Å². The van der Waals surface area contributed by atoms with E-state index in [0.29, 0.717) is 47.7 Å². The molecule has 2 heterocycles. The molecule has 3 rings (SSSR count). The number of hydrogen-bond acceptors (Lipinski definition) is 7. The molecule has 2 saturated heterocycles. The average molecular weight is 496 g/mol. The number of piperazine rings is 1. The van der Waals surface area contributed by atoms with Gasteiger partial charge in [0.1, 0.15) is 10.1 Å². The molecular weight excluding hydrogens is 465 g/mol. The number of nitrogens with zero attached hydrogens (tertiary/aromatic N) is 3. The van der Waals surface area contributed by atoms with Gasteiger partial charge in [-0.1, -0.05) is 30.9 Å². The van der Waals surface area contributed by atoms with Crippen molar-refractivity contribution in [2.24, 2.45) is 5.92 Å². The van der Waals surface area contributed by atoms with Crippen LogP contribution in [0, 0.1) is 11.7 Å². The van der Waals surface area contributed by atoms with Gasteiger partial charge in [0.25, 0.3) is 5.91 Å². The van der Waals surface area contributed by atoms with Crippen molar-refractivity contribution in [2.45, 2.75) is 26.7 Å². The number of carbonyl (C=O) groups excluding carboxylic acids is 3. The Morgan fingerprint density at radius 1 is 1.09 bits per heavy atom. The summed E-state index contributed by atoms with van der Waals surface area (Å²) in [5, 5.41) is 0. The highest BCUT2D eigenvalue weighted by Gasteiger charge is 2.24. The quantitative estimate of drug-likeness (QED) is 0.339. The summed E-state index contributed by atoms with van der Waals surface area (Å²) in [7, 11) is 0. The van der Waals surface area contributed by atoms with E-state index in [1.807, 2.05) is 4.90 Å². The van der Waals surface area contributed by atoms with Gasteiger partial charge in [0, 0.05) is 44.8 Å². The molecule has 0 radical (unpaired) electrons. The van der Waals surface area contributed by atoms with Gasteiger partial charge in [0.05, 0.1) is 11.4 Å². The Hall–Kier alpha value is -2.20. The van der Waals surface area contributed by atoms with Crippen LogP contribution in [-0.4, -0.2) is 83.4 Å². The predicted molar refractivity (Wildman–Crippen MR) is 131 cm³/mol. The van der Waals surface area contributed by atoms with Gasteiger partial charge in [-0.05, 0) is 43.9 Å². The number of rotatable bonds is 6. The normalized spacial score (nSPS) is 17.1. The van der Waals surface area contributed by atoms with Crippen LogP contribution in [0.1, 0.15) is 37.0 Å². The molecule has 0 spiro atoms. The van der Waals surface area contributed by atoms with Crippen LogP contribution in [0.25, 0.3) is 0 Å². The lowest BCUT2D eigenvalue weighted by Crippen LogP contribution is -2.50. The first kappa shape index (κ1) is 25.4. The minimum Gasteiger partial charge on any atom is -0.455 e. The molecule has 0 aliphatic carbocycles. The Morgan fingerprint density at radius 2 is 1.76 bits per heavy atom. The monoisotopic (exact) mass is 495 g/mol. The van der Waals surface area contributed by atoms with Gasteiger partial charge < -0.3 is 19.4 Å². The highest BCUT2D eigenvalue weighted by atomic mass is 32.2. The van der Waals surface area contributed by atoms with Crippen LogP contribution < -0.4 is 4.90 Å². The van der Waals surface area contributed by atoms with E-state index in [1.54, 1.807) is 17.0 Å². The third-order valence-electron chi connectivity index (χ3n) is 6.04. The van der Waals surface area contributed by atoms with E-state index in [4.69, 9.17) is 17.0 Å². The first-order valence-corrected chi connectivity index (χ1v) is 12.5. The van der Waals surface area contributed by atoms with Crippen molar-refractivity contribution in [3.63, 3.8) is 0 Å². The van der Waals surface area contributed by atoms with E-state index in [2.05, 4.69) is 11.8 Å². The van der Waals surface area contributed by atoms with E-state index in [1.165, 1.54) is 24.8 Å². The van der Waals surface area contributed by atoms with Crippen LogP contribution >= 0.6 is 24.0 Å². The maximum atomic E-state index is 14.4. The van der Waals surface area contributed by atoms with Crippen molar-refractivity contribution >= 4 is 51.6 Å². The summed E-state index contributed by atoms with van der Waals surface area (Å²) < 4.78 is 20.2. The Labute approximate surface area is 203 Å². The van der Waals surface area contributed by atoms with Crippen LogP contribution in [0.4, 0.5) is 10.1 Å². The summed E-state index contributed by atoms with van der Waals surface area (Å²) in [6.45, 7) is 6.85. The minimum absolute atomic E-state index is 0.0848. The average Bonchev–Trinajstić information content (AvgIpc) is 2.81. The van der Waals surface area contributed by atoms with Gasteiger partial charge in [-0.3, -0.25) is 14.4 Å². The Bertz CT molecular complexity index is 898. The summed E-state index contributed by atoms with van der Waals surface area (Å²) >= 11 is 6.68. The van der Waals surface area contributed by atoms with Gasteiger partial charge in [-0.25, -0.2) is 4.39 Å². The molecule has 10 heteroatoms. The molecule has 180 valence electrons. The molecule has 33 heavy (non-hydrogen) atoms. The number of thiocarbonyl (C=S) groups is 1. The number of esters is 1. The van der Waals surface area contributed by atoms with E-state index in [0.717, 1.165) is 25.9 Å². The third-order valence-corrected chi connectivity index (χ3v) is 7.54. The number of hydrogen-bond donors (Lipinski definition) is 0. The van der Waals surface area contributed by atoms with E-state index in [9.17, 15) is 18.8 Å². The zero-order chi connectivity index (χ0) is 24.0. The SMILES string of the molecule is CC(=O)c1ccc(N2CCN(C(=O)COC(=O)CSC(=S)N3CCC(C)CC3)CC2)c(F)c1. The molecule has 2 aliphatic rings. The second-order valence-electron chi connectivity index (χ2n) is 8.48. The van der Waals surface area contributed by atoms with E-state index < -0.39 is 11.8 Å². The van der Waals surface area contributed by atoms with Crippen LogP contribution in [0.3, 0.4) is 0 Å². The molecule has 0 bridgehead atoms. The standard InChI is InChI=1S/C23H30FN3O4S2/c1-16-5-7-27(8-6-16)23(32)33-15-22(30)31-14-21(29)26-11-9-25(10-12-26)20-4-3-18(17(2)28)13-19(20)24/h3-4,13,16H,5-12,14-15H2,1-2H3. The number of piperidine rings is 1. The fourth-order valence-corrected chi connectivity index (χ4v) is 4.91. The van der Waals surface area contributed by atoms with Crippen molar-refractivity contribution in [1.82, 2.24) is 9.80 Å². The Kier molecular flexibility index (Phi) is 9.08. The van der Waals surface area contributed by atoms with Gasteiger partial charge in [-0.15, -0.1) is 0 Å². The summed E-state index contributed by atoms with van der Waals surface area (Å²) in [5.74, 6) is -0.585. The van der Waals surface area contributed by atoms with Crippen molar-refractivity contribution < 1.29 is 23.5 Å². The number of likely N-dealkylation sites (tertiary alicyclic amines) is 1. The maximum Gasteiger partial charge on any atom is 0.316 e. The summed E-state index contributed by atoms with van der Waals surface area (Å²) in [6.07, 6.45) is 2.20. The number of ether oxygens (including phenoxy) is 1. The number of halogens is 1. The molecule has 1 aromatic carbocycles. The smallest absolute Gasteiger partial charge is 0.316 e. The number of ketones is 1. The molecule has 7 nitrogen and oxygen atoms in total. The lowest BCUT2D eigenvalue weighted by atomic mass is 10.00. The molecule has 0 saturated carbocycles. The number of amides is 1. The molecule has 0 aromatic heterocycles. The molecule has 0 N–H and O–H groups in total. The molecular formula is C23H30FN3O4S2. The van der Waals surface area contributed by atoms with Crippen molar-refractivity contribution in [3.8, 4) is 0 Å². The number of Topliss-reactive ketones (excluding diaryl/α,β-unsaturated/α-hetero) is 1. The second-order valence-corrected chi connectivity index (χ2v) is 10.1. The molecule has 0 atom stereocenters. The fourth-order valence-electron chi connectivity index (χ4n) is 3.86. The zero-order valence-corrected chi connectivity index (χ0v) is 20.7. The Balaban J connectivity index is 1.37. The van der Waals surface area contributed by atoms with Crippen molar-refractivity contribution in [3.05, 3.63) is 29.6 Å². The van der Waals surface area contributed by atoms with Crippen molar-refractivity contribution in [2.75, 3.05) is 56.5 Å². The first-order chi connectivity index (χ1) is 15.7. The maximum absolute atomic E-state index is 14.4. The molecule has 0 unspecified atom stereocenters. The molecule has 1 aromatic rings. The zero-order valence-electron chi connectivity index (χ0n) is 19.0. The summed E-state index contributed by atoms with van der Waals surface area (Å²) in [5.41, 5.74) is 0.742. The lowest BCUT2D eigenvalue weighted by Gasteiger charge is -2.36. The Morgan fingerprint density at radius 3 is 2.36 bits per heavy atom. The largest absolute Gasteiger partial charge is 0.455 e. The second kappa shape index (κ2) is 11.8. The van der Waals surface area contributed by atoms with Gasteiger partial charge >= 0.3 is 5.97 Å². The van der Waals surface area contributed by atoms with Gasteiger partial charge in [0.15, 0.2) is 12.4 Å². The van der Waals surface area contributed by atoms with Crippen LogP contribution in [0.2, 0.25) is 0 Å². The van der Waals surface area contributed by atoms with Crippen LogP contribution in [0.5, 0.6) is 0 Å². The summed E-state index contributed by atoms with van der Waals surface area (Å²) in [4.78, 5) is 41.5. The number of thioether (sulfide) groups is 1. The molecule has 1 amide bonds. The van der Waals surface area contributed by atoms with Crippen molar-refractivity contribution in [1.29, 1.82) is 0 Å². The first-order valence-electron chi connectivity index (χ1n) is 11.1. The van der Waals surface area contributed by atoms with Crippen LogP contribution in [0.15, 0.2) is 18.2 Å². The number of anilines is 1. The highest BCUT2D eigenvalue weighted by molar-refractivity contribution is 8.23. The highest BCUT2D eigenvalue weighted by Crippen LogP contribution is 2.23. The van der Waals surface area contributed by atoms with Gasteiger partial charge in [-0.2, -0.15) is 0 Å². The topological polar surface area (TPSA) is 70.2 Å². The predicted octanol–water partition coefficient (Wildman–Crippen LogP) is 2.97. The third kappa shape index (κ3) is 7.14. The van der Waals surface area contributed by atoms with Gasteiger partial charge in [0.2, 0.25) is 0 Å². The fraction of sp³-hybridized carbons (Fsp3) is 0.565. The summed E-state index contributed by atoms with van der Waals surface area (Å²) in [6, 6.07) is 4.44. The number of carbonyl (C=O) groups is 3. The lowest BCUT2D eigenvalue weighted by molar-refractivity contribution is -0.150. The minimum atomic E-state index is -0.465.